The van der Waals surface area contributed by atoms with Crippen LogP contribution in [0.25, 0.3) is 0 Å². The predicted molar refractivity (Wildman–Crippen MR) is 42.1 cm³/mol. The van der Waals surface area contributed by atoms with Gasteiger partial charge in [-0.1, -0.05) is 0 Å². The quantitative estimate of drug-likeness (QED) is 0.547. The number of thiol groups is 1. The molecule has 0 spiro atoms. The maximum absolute atomic E-state index is 4.28. The van der Waals surface area contributed by atoms with Gasteiger partial charge >= 0.3 is 0 Å². The van der Waals surface area contributed by atoms with E-state index in [0.29, 0.717) is 5.37 Å². The van der Waals surface area contributed by atoms with Gasteiger partial charge in [-0.05, 0) is 6.92 Å². The minimum atomic E-state index is 0.325. The van der Waals surface area contributed by atoms with E-state index in [2.05, 4.69) is 35.6 Å². The highest BCUT2D eigenvalue weighted by molar-refractivity contribution is 7.80. The first-order valence-electron chi connectivity index (χ1n) is 3.02. The Morgan fingerprint density at radius 3 is 2.44 bits per heavy atom. The first-order chi connectivity index (χ1) is 4.20. The van der Waals surface area contributed by atoms with Crippen molar-refractivity contribution in [2.75, 3.05) is 13.7 Å². The number of nitrogens with zero attached hydrogens (tertiary/aromatic N) is 2. The molecule has 0 amide bonds. The van der Waals surface area contributed by atoms with Gasteiger partial charge in [-0.15, -0.1) is 0 Å². The Labute approximate surface area is 61.5 Å². The first-order valence-corrected chi connectivity index (χ1v) is 3.54. The normalized spacial score (nSPS) is 21.2. The molecule has 0 bridgehead atoms. The molecule has 3 heteroatoms. The van der Waals surface area contributed by atoms with E-state index >= 15 is 0 Å². The summed E-state index contributed by atoms with van der Waals surface area (Å²) in [6.45, 7) is 3.03. The maximum atomic E-state index is 4.28. The van der Waals surface area contributed by atoms with E-state index in [-0.39, 0.29) is 0 Å². The van der Waals surface area contributed by atoms with E-state index in [1.54, 1.807) is 0 Å². The topological polar surface area (TPSA) is 6.48 Å². The molecule has 2 nitrogen and oxygen atoms in total. The second-order valence-corrected chi connectivity index (χ2v) is 3.09. The number of rotatable bonds is 1. The summed E-state index contributed by atoms with van der Waals surface area (Å²) in [6, 6.07) is 0. The van der Waals surface area contributed by atoms with Crippen LogP contribution in [0.5, 0.6) is 0 Å². The van der Waals surface area contributed by atoms with Crippen LogP contribution in [0.3, 0.4) is 0 Å². The molecule has 1 unspecified atom stereocenters. The summed E-state index contributed by atoms with van der Waals surface area (Å²) in [4.78, 5) is 4.27. The molecule has 1 rings (SSSR count). The lowest BCUT2D eigenvalue weighted by Gasteiger charge is -2.20. The van der Waals surface area contributed by atoms with Gasteiger partial charge < -0.3 is 9.80 Å². The Kier molecular flexibility index (Phi) is 1.90. The summed E-state index contributed by atoms with van der Waals surface area (Å²) >= 11 is 4.28. The zero-order valence-corrected chi connectivity index (χ0v) is 6.68. The molecule has 0 aliphatic carbocycles. The Morgan fingerprint density at radius 1 is 1.56 bits per heavy atom. The Morgan fingerprint density at radius 2 is 2.22 bits per heavy atom. The summed E-state index contributed by atoms with van der Waals surface area (Å²) in [6.07, 6.45) is 4.10. The van der Waals surface area contributed by atoms with Gasteiger partial charge in [-0.25, -0.2) is 0 Å². The van der Waals surface area contributed by atoms with E-state index in [9.17, 15) is 0 Å². The highest BCUT2D eigenvalue weighted by Crippen LogP contribution is 2.09. The van der Waals surface area contributed by atoms with Crippen molar-refractivity contribution in [1.29, 1.82) is 0 Å². The average Bonchev–Trinajstić information content (AvgIpc) is 2.14. The van der Waals surface area contributed by atoms with Crippen molar-refractivity contribution >= 4 is 12.6 Å². The van der Waals surface area contributed by atoms with E-state index in [0.717, 1.165) is 6.67 Å². The highest BCUT2D eigenvalue weighted by Gasteiger charge is 2.10. The van der Waals surface area contributed by atoms with E-state index in [4.69, 9.17) is 0 Å². The third-order valence-electron chi connectivity index (χ3n) is 1.38. The molecule has 0 saturated carbocycles. The molecule has 1 atom stereocenters. The largest absolute Gasteiger partial charge is 0.362 e. The third kappa shape index (κ3) is 1.55. The van der Waals surface area contributed by atoms with Crippen molar-refractivity contribution in [2.45, 2.75) is 12.3 Å². The average molecular weight is 144 g/mol. The molecule has 0 N–H and O–H groups in total. The van der Waals surface area contributed by atoms with Crippen molar-refractivity contribution in [3.8, 4) is 0 Å². The van der Waals surface area contributed by atoms with Crippen molar-refractivity contribution in [3.63, 3.8) is 0 Å². The van der Waals surface area contributed by atoms with E-state index in [1.165, 1.54) is 0 Å². The molecule has 0 aromatic carbocycles. The molecule has 9 heavy (non-hydrogen) atoms. The fourth-order valence-electron chi connectivity index (χ4n) is 0.794. The Hall–Kier alpha value is -0.310. The zero-order chi connectivity index (χ0) is 6.85. The van der Waals surface area contributed by atoms with Crippen LogP contribution >= 0.6 is 12.6 Å². The molecule has 1 aliphatic heterocycles. The first kappa shape index (κ1) is 6.81. The van der Waals surface area contributed by atoms with Gasteiger partial charge in [-0.2, -0.15) is 12.6 Å². The van der Waals surface area contributed by atoms with Gasteiger partial charge in [-0.3, -0.25) is 0 Å². The van der Waals surface area contributed by atoms with Crippen LogP contribution in [-0.4, -0.2) is 28.9 Å². The lowest BCUT2D eigenvalue weighted by atomic mass is 10.6. The van der Waals surface area contributed by atoms with Crippen LogP contribution in [0, 0.1) is 0 Å². The number of hydrogen-bond acceptors (Lipinski definition) is 3. The van der Waals surface area contributed by atoms with Crippen LogP contribution in [0.2, 0.25) is 0 Å². The highest BCUT2D eigenvalue weighted by atomic mass is 32.1. The second kappa shape index (κ2) is 2.52. The monoisotopic (exact) mass is 144 g/mol. The molecule has 0 aromatic rings. The molecule has 1 heterocycles. The zero-order valence-electron chi connectivity index (χ0n) is 5.78. The molecule has 0 saturated heterocycles. The van der Waals surface area contributed by atoms with Crippen molar-refractivity contribution in [2.24, 2.45) is 0 Å². The van der Waals surface area contributed by atoms with Gasteiger partial charge in [0.15, 0.2) is 0 Å². The standard InChI is InChI=1S/C6H12N2S/c1-6(9)8-4-3-7(2)5-8/h3-4,6,9H,5H2,1-2H3. The predicted octanol–water partition coefficient (Wildman–Crippen LogP) is 0.938. The van der Waals surface area contributed by atoms with Gasteiger partial charge in [0.1, 0.15) is 0 Å². The minimum Gasteiger partial charge on any atom is -0.362 e. The van der Waals surface area contributed by atoms with Crippen LogP contribution in [0.4, 0.5) is 0 Å². The van der Waals surface area contributed by atoms with Gasteiger partial charge in [0.05, 0.1) is 12.0 Å². The van der Waals surface area contributed by atoms with Crippen LogP contribution in [-0.2, 0) is 0 Å². The molecule has 0 aromatic heterocycles. The van der Waals surface area contributed by atoms with E-state index < -0.39 is 0 Å². The van der Waals surface area contributed by atoms with Crippen LogP contribution in [0.1, 0.15) is 6.92 Å². The summed E-state index contributed by atoms with van der Waals surface area (Å²) < 4.78 is 0. The lowest BCUT2D eigenvalue weighted by molar-refractivity contribution is 0.293. The molecular formula is C6H12N2S. The van der Waals surface area contributed by atoms with Gasteiger partial charge in [0.25, 0.3) is 0 Å². The van der Waals surface area contributed by atoms with Crippen LogP contribution < -0.4 is 0 Å². The van der Waals surface area contributed by atoms with Gasteiger partial charge in [0.2, 0.25) is 0 Å². The maximum Gasteiger partial charge on any atom is 0.0901 e. The van der Waals surface area contributed by atoms with Gasteiger partial charge in [0, 0.05) is 19.4 Å². The number of hydrogen-bond donors (Lipinski definition) is 1. The van der Waals surface area contributed by atoms with Crippen LogP contribution in [0.15, 0.2) is 12.4 Å². The lowest BCUT2D eigenvalue weighted by Crippen LogP contribution is -2.26. The summed E-state index contributed by atoms with van der Waals surface area (Å²) in [7, 11) is 2.05. The summed E-state index contributed by atoms with van der Waals surface area (Å²) in [5.74, 6) is 0. The van der Waals surface area contributed by atoms with Crippen molar-refractivity contribution < 1.29 is 0 Å². The van der Waals surface area contributed by atoms with Crippen molar-refractivity contribution in [1.82, 2.24) is 9.80 Å². The molecular weight excluding hydrogens is 132 g/mol. The van der Waals surface area contributed by atoms with Crippen molar-refractivity contribution in [3.05, 3.63) is 12.4 Å². The Bertz CT molecular complexity index is 122. The molecule has 52 valence electrons. The minimum absolute atomic E-state index is 0.325. The SMILES string of the molecule is CC(S)N1C=CN(C)C1. The fraction of sp³-hybridized carbons (Fsp3) is 0.667. The molecule has 0 radical (unpaired) electrons. The summed E-state index contributed by atoms with van der Waals surface area (Å²) in [5, 5.41) is 0.325. The van der Waals surface area contributed by atoms with E-state index in [1.807, 2.05) is 13.2 Å². The second-order valence-electron chi connectivity index (χ2n) is 2.34. The fourth-order valence-corrected chi connectivity index (χ4v) is 0.944. The summed E-state index contributed by atoms with van der Waals surface area (Å²) in [5.41, 5.74) is 0. The molecule has 0 fully saturated rings. The smallest absolute Gasteiger partial charge is 0.0901 e. The Balaban J connectivity index is 2.41. The molecule has 1 aliphatic rings. The third-order valence-corrected chi connectivity index (χ3v) is 1.68.